The summed E-state index contributed by atoms with van der Waals surface area (Å²) < 4.78 is 5.02. The van der Waals surface area contributed by atoms with Gasteiger partial charge in [0.1, 0.15) is 6.10 Å². The zero-order valence-corrected chi connectivity index (χ0v) is 6.69. The lowest BCUT2D eigenvalue weighted by molar-refractivity contribution is -0.139. The van der Waals surface area contributed by atoms with Crippen molar-refractivity contribution in [3.63, 3.8) is 0 Å². The second-order valence-corrected chi connectivity index (χ2v) is 2.94. The van der Waals surface area contributed by atoms with E-state index in [-0.39, 0.29) is 18.1 Å². The molecule has 0 spiro atoms. The van der Waals surface area contributed by atoms with Gasteiger partial charge in [0.25, 0.3) is 0 Å². The first-order valence-corrected chi connectivity index (χ1v) is 4.12. The molecule has 2 aliphatic rings. The fourth-order valence-corrected chi connectivity index (χ4v) is 1.44. The average Bonchev–Trinajstić information content (AvgIpc) is 2.54. The van der Waals surface area contributed by atoms with Gasteiger partial charge in [-0.3, -0.25) is 0 Å². The van der Waals surface area contributed by atoms with Crippen molar-refractivity contribution < 1.29 is 9.53 Å². The summed E-state index contributed by atoms with van der Waals surface area (Å²) in [6.45, 7) is 2.55. The van der Waals surface area contributed by atoms with Gasteiger partial charge in [-0.2, -0.15) is 0 Å². The predicted octanol–water partition coefficient (Wildman–Crippen LogP) is -0.956. The normalized spacial score (nSPS) is 35.2. The summed E-state index contributed by atoms with van der Waals surface area (Å²) in [5.74, 6) is -0.249. The average molecular weight is 167 g/mol. The molecule has 1 fully saturated rings. The van der Waals surface area contributed by atoms with E-state index in [0.29, 0.717) is 0 Å². The lowest BCUT2D eigenvalue weighted by atomic mass is 10.1. The van der Waals surface area contributed by atoms with Crippen LogP contribution in [0.3, 0.4) is 0 Å². The third-order valence-electron chi connectivity index (χ3n) is 2.06. The van der Waals surface area contributed by atoms with Crippen LogP contribution < -0.4 is 10.6 Å². The molecular weight excluding hydrogens is 156 g/mol. The van der Waals surface area contributed by atoms with Gasteiger partial charge in [-0.25, -0.2) is 10.1 Å². The Morgan fingerprint density at radius 2 is 2.58 bits per heavy atom. The molecule has 4 heteroatoms. The highest BCUT2D eigenvalue weighted by atomic mass is 16.5. The third kappa shape index (κ3) is 1.49. The number of hydrogen-bond donors (Lipinski definition) is 1. The SMILES string of the molecule is O=C1C=CC(C2CNCC[N]2)O1. The maximum Gasteiger partial charge on any atom is 0.331 e. The first-order chi connectivity index (χ1) is 5.86. The van der Waals surface area contributed by atoms with Crippen LogP contribution >= 0.6 is 0 Å². The molecule has 0 amide bonds. The number of carbonyl (C=O) groups excluding carboxylic acids is 1. The number of ether oxygens (including phenoxy) is 1. The van der Waals surface area contributed by atoms with Crippen LogP contribution in [0.4, 0.5) is 0 Å². The fourth-order valence-electron chi connectivity index (χ4n) is 1.44. The minimum Gasteiger partial charge on any atom is -0.453 e. The van der Waals surface area contributed by atoms with Crippen molar-refractivity contribution in [2.75, 3.05) is 19.6 Å². The summed E-state index contributed by atoms with van der Waals surface area (Å²) in [5.41, 5.74) is 0. The molecule has 4 nitrogen and oxygen atoms in total. The smallest absolute Gasteiger partial charge is 0.331 e. The Morgan fingerprint density at radius 3 is 3.17 bits per heavy atom. The summed E-state index contributed by atoms with van der Waals surface area (Å²) in [7, 11) is 0. The Morgan fingerprint density at radius 1 is 1.67 bits per heavy atom. The van der Waals surface area contributed by atoms with E-state index in [4.69, 9.17) is 4.74 Å². The minimum absolute atomic E-state index is 0.112. The topological polar surface area (TPSA) is 52.4 Å². The number of hydrogen-bond acceptors (Lipinski definition) is 3. The van der Waals surface area contributed by atoms with Gasteiger partial charge in [-0.1, -0.05) is 0 Å². The molecule has 2 rings (SSSR count). The monoisotopic (exact) mass is 167 g/mol. The van der Waals surface area contributed by atoms with Crippen molar-refractivity contribution in [2.24, 2.45) is 0 Å². The largest absolute Gasteiger partial charge is 0.453 e. The van der Waals surface area contributed by atoms with E-state index in [0.717, 1.165) is 19.6 Å². The summed E-state index contributed by atoms with van der Waals surface area (Å²) in [6.07, 6.45) is 3.11. The highest BCUT2D eigenvalue weighted by Crippen LogP contribution is 2.10. The maximum atomic E-state index is 10.7. The maximum absolute atomic E-state index is 10.7. The summed E-state index contributed by atoms with van der Waals surface area (Å²) in [4.78, 5) is 10.7. The Bertz CT molecular complexity index is 209. The molecule has 1 saturated heterocycles. The van der Waals surface area contributed by atoms with Crippen LogP contribution in [0.2, 0.25) is 0 Å². The highest BCUT2D eigenvalue weighted by molar-refractivity contribution is 5.84. The summed E-state index contributed by atoms with van der Waals surface area (Å²) >= 11 is 0. The van der Waals surface area contributed by atoms with Gasteiger partial charge >= 0.3 is 5.97 Å². The van der Waals surface area contributed by atoms with Crippen LogP contribution in [0.1, 0.15) is 0 Å². The molecule has 0 bridgehead atoms. The predicted molar refractivity (Wildman–Crippen MR) is 42.7 cm³/mol. The number of esters is 1. The Hall–Kier alpha value is -0.870. The van der Waals surface area contributed by atoms with Gasteiger partial charge in [0.15, 0.2) is 0 Å². The molecule has 1 N–H and O–H groups in total. The third-order valence-corrected chi connectivity index (χ3v) is 2.06. The number of rotatable bonds is 1. The highest BCUT2D eigenvalue weighted by Gasteiger charge is 2.28. The number of piperazine rings is 1. The second kappa shape index (κ2) is 3.25. The molecule has 0 aromatic carbocycles. The first-order valence-electron chi connectivity index (χ1n) is 4.12. The van der Waals surface area contributed by atoms with E-state index < -0.39 is 0 Å². The van der Waals surface area contributed by atoms with Crippen molar-refractivity contribution >= 4 is 5.97 Å². The lowest BCUT2D eigenvalue weighted by Crippen LogP contribution is -2.49. The molecule has 1 radical (unpaired) electrons. The quantitative estimate of drug-likeness (QED) is 0.512. The van der Waals surface area contributed by atoms with E-state index in [1.54, 1.807) is 6.08 Å². The molecule has 2 heterocycles. The molecule has 0 aromatic rings. The van der Waals surface area contributed by atoms with Crippen molar-refractivity contribution in [1.29, 1.82) is 0 Å². The van der Waals surface area contributed by atoms with Gasteiger partial charge in [-0.15, -0.1) is 0 Å². The number of carbonyl (C=O) groups is 1. The molecule has 0 saturated carbocycles. The number of nitrogens with zero attached hydrogens (tertiary/aromatic N) is 1. The van der Waals surface area contributed by atoms with E-state index in [9.17, 15) is 4.79 Å². The number of cyclic esters (lactones) is 1. The van der Waals surface area contributed by atoms with Crippen LogP contribution in [0.25, 0.3) is 0 Å². The van der Waals surface area contributed by atoms with Crippen molar-refractivity contribution in [3.8, 4) is 0 Å². The molecule has 65 valence electrons. The fraction of sp³-hybridized carbons (Fsp3) is 0.625. The van der Waals surface area contributed by atoms with E-state index in [1.807, 2.05) is 0 Å². The zero-order chi connectivity index (χ0) is 8.39. The van der Waals surface area contributed by atoms with Gasteiger partial charge in [0, 0.05) is 25.7 Å². The standard InChI is InChI=1S/C8H11N2O2/c11-8-2-1-7(12-8)6-5-9-3-4-10-6/h1-2,6-7,9H,3-5H2. The molecule has 0 aromatic heterocycles. The zero-order valence-electron chi connectivity index (χ0n) is 6.69. The van der Waals surface area contributed by atoms with Crippen LogP contribution in [-0.2, 0) is 9.53 Å². The Balaban J connectivity index is 1.91. The molecule has 2 aliphatic heterocycles. The van der Waals surface area contributed by atoms with Crippen molar-refractivity contribution in [2.45, 2.75) is 12.1 Å². The van der Waals surface area contributed by atoms with Gasteiger partial charge < -0.3 is 10.1 Å². The lowest BCUT2D eigenvalue weighted by Gasteiger charge is -2.25. The van der Waals surface area contributed by atoms with Crippen molar-refractivity contribution in [3.05, 3.63) is 12.2 Å². The van der Waals surface area contributed by atoms with E-state index in [1.165, 1.54) is 6.08 Å². The van der Waals surface area contributed by atoms with Gasteiger partial charge in [0.05, 0.1) is 6.04 Å². The molecule has 12 heavy (non-hydrogen) atoms. The van der Waals surface area contributed by atoms with Crippen LogP contribution in [-0.4, -0.2) is 37.7 Å². The first kappa shape index (κ1) is 7.76. The molecular formula is C8H11N2O2. The van der Waals surface area contributed by atoms with E-state index >= 15 is 0 Å². The van der Waals surface area contributed by atoms with Gasteiger partial charge in [0.2, 0.25) is 0 Å². The Labute approximate surface area is 71.0 Å². The summed E-state index contributed by atoms with van der Waals surface area (Å²) in [6, 6.07) is 0.112. The van der Waals surface area contributed by atoms with Crippen LogP contribution in [0.5, 0.6) is 0 Å². The van der Waals surface area contributed by atoms with Crippen molar-refractivity contribution in [1.82, 2.24) is 10.6 Å². The van der Waals surface area contributed by atoms with Gasteiger partial charge in [-0.05, 0) is 6.08 Å². The molecule has 2 atom stereocenters. The van der Waals surface area contributed by atoms with Crippen LogP contribution in [0, 0.1) is 0 Å². The second-order valence-electron chi connectivity index (χ2n) is 2.94. The van der Waals surface area contributed by atoms with E-state index in [2.05, 4.69) is 10.6 Å². The van der Waals surface area contributed by atoms with Crippen LogP contribution in [0.15, 0.2) is 12.2 Å². The summed E-state index contributed by atoms with van der Waals surface area (Å²) in [5, 5.41) is 7.56. The number of nitrogens with one attached hydrogen (secondary N) is 1. The minimum atomic E-state index is -0.249. The molecule has 0 aliphatic carbocycles. The Kier molecular flexibility index (Phi) is 2.10. The molecule has 2 unspecified atom stereocenters.